The summed E-state index contributed by atoms with van der Waals surface area (Å²) in [7, 11) is 1.64. The van der Waals surface area contributed by atoms with Crippen molar-refractivity contribution < 1.29 is 9.47 Å². The number of nitrogens with zero attached hydrogens (tertiary/aromatic N) is 1. The maximum atomic E-state index is 6.25. The second kappa shape index (κ2) is 9.74. The Kier molecular flexibility index (Phi) is 7.10. The molecule has 1 aromatic heterocycles. The van der Waals surface area contributed by atoms with Crippen LogP contribution in [0.3, 0.4) is 0 Å². The molecule has 0 unspecified atom stereocenters. The molecule has 3 aromatic rings. The summed E-state index contributed by atoms with van der Waals surface area (Å²) in [6, 6.07) is 15.5. The highest BCUT2D eigenvalue weighted by Gasteiger charge is 2.15. The summed E-state index contributed by atoms with van der Waals surface area (Å²) in [6.07, 6.45) is 3.58. The first-order valence-corrected chi connectivity index (χ1v) is 9.67. The van der Waals surface area contributed by atoms with Gasteiger partial charge in [0.05, 0.1) is 7.11 Å². The maximum absolute atomic E-state index is 6.25. The van der Waals surface area contributed by atoms with Gasteiger partial charge in [-0.2, -0.15) is 0 Å². The Morgan fingerprint density at radius 3 is 2.56 bits per heavy atom. The zero-order valence-electron chi connectivity index (χ0n) is 14.9. The average Bonchev–Trinajstić information content (AvgIpc) is 2.70. The van der Waals surface area contributed by atoms with Gasteiger partial charge in [0, 0.05) is 46.1 Å². The van der Waals surface area contributed by atoms with Crippen LogP contribution in [0.1, 0.15) is 16.7 Å². The molecule has 1 N–H and O–H groups in total. The van der Waals surface area contributed by atoms with Gasteiger partial charge in [-0.15, -0.1) is 0 Å². The monoisotopic (exact) mass is 446 g/mol. The first-order valence-electron chi connectivity index (χ1n) is 8.50. The Morgan fingerprint density at radius 1 is 1.04 bits per heavy atom. The van der Waals surface area contributed by atoms with Crippen LogP contribution in [0, 0.1) is 0 Å². The van der Waals surface area contributed by atoms with Crippen LogP contribution in [0.15, 0.2) is 65.4 Å². The molecule has 140 valence electrons. The van der Waals surface area contributed by atoms with Crippen molar-refractivity contribution in [2.75, 3.05) is 7.11 Å². The van der Waals surface area contributed by atoms with Crippen molar-refractivity contribution in [2.45, 2.75) is 19.7 Å². The molecule has 0 amide bonds. The third-order valence-corrected chi connectivity index (χ3v) is 5.21. The van der Waals surface area contributed by atoms with Gasteiger partial charge in [-0.05, 0) is 35.9 Å². The van der Waals surface area contributed by atoms with Crippen LogP contribution in [0.25, 0.3) is 0 Å². The Bertz CT molecular complexity index is 891. The molecule has 0 aliphatic rings. The lowest BCUT2D eigenvalue weighted by Crippen LogP contribution is -2.14. The molecule has 0 aliphatic heterocycles. The van der Waals surface area contributed by atoms with E-state index in [0.717, 1.165) is 22.1 Å². The molecule has 0 radical (unpaired) electrons. The maximum Gasteiger partial charge on any atom is 0.167 e. The van der Waals surface area contributed by atoms with Gasteiger partial charge < -0.3 is 14.8 Å². The summed E-state index contributed by atoms with van der Waals surface area (Å²) in [5, 5.41) is 4.12. The van der Waals surface area contributed by atoms with Crippen LogP contribution in [-0.4, -0.2) is 12.1 Å². The summed E-state index contributed by atoms with van der Waals surface area (Å²) < 4.78 is 12.6. The summed E-state index contributed by atoms with van der Waals surface area (Å²) >= 11 is 9.87. The molecule has 0 saturated carbocycles. The van der Waals surface area contributed by atoms with Crippen LogP contribution in [0.4, 0.5) is 0 Å². The van der Waals surface area contributed by atoms with E-state index in [1.807, 2.05) is 48.5 Å². The van der Waals surface area contributed by atoms with E-state index in [-0.39, 0.29) is 0 Å². The van der Waals surface area contributed by atoms with Crippen molar-refractivity contribution in [1.29, 1.82) is 0 Å². The molecular weight excluding hydrogens is 428 g/mol. The van der Waals surface area contributed by atoms with E-state index in [0.29, 0.717) is 29.7 Å². The lowest BCUT2D eigenvalue weighted by Gasteiger charge is -2.17. The fourth-order valence-electron chi connectivity index (χ4n) is 2.66. The third-order valence-electron chi connectivity index (χ3n) is 4.10. The minimum absolute atomic E-state index is 0.365. The standard InChI is InChI=1S/C21H20BrClN2O2/c1-26-20-7-6-18(22)17(13-25-12-15-8-10-24-11-9-15)21(20)27-14-16-4-2-3-5-19(16)23/h2-11,25H,12-14H2,1H3. The molecule has 2 aromatic carbocycles. The van der Waals surface area contributed by atoms with E-state index < -0.39 is 0 Å². The number of hydrogen-bond donors (Lipinski definition) is 1. The van der Waals surface area contributed by atoms with Crippen molar-refractivity contribution in [3.63, 3.8) is 0 Å². The molecule has 0 aliphatic carbocycles. The van der Waals surface area contributed by atoms with E-state index >= 15 is 0 Å². The van der Waals surface area contributed by atoms with Crippen molar-refractivity contribution in [1.82, 2.24) is 10.3 Å². The largest absolute Gasteiger partial charge is 0.493 e. The number of ether oxygens (including phenoxy) is 2. The highest BCUT2D eigenvalue weighted by molar-refractivity contribution is 9.10. The first-order chi connectivity index (χ1) is 13.2. The van der Waals surface area contributed by atoms with E-state index in [1.165, 1.54) is 5.56 Å². The molecule has 6 heteroatoms. The second-order valence-electron chi connectivity index (χ2n) is 5.90. The van der Waals surface area contributed by atoms with Gasteiger partial charge in [0.15, 0.2) is 11.5 Å². The molecule has 0 saturated heterocycles. The van der Waals surface area contributed by atoms with Gasteiger partial charge in [-0.25, -0.2) is 0 Å². The highest BCUT2D eigenvalue weighted by atomic mass is 79.9. The molecule has 0 fully saturated rings. The smallest absolute Gasteiger partial charge is 0.167 e. The fraction of sp³-hybridized carbons (Fsp3) is 0.190. The first kappa shape index (κ1) is 19.7. The number of hydrogen-bond acceptors (Lipinski definition) is 4. The topological polar surface area (TPSA) is 43.4 Å². The predicted molar refractivity (Wildman–Crippen MR) is 111 cm³/mol. The lowest BCUT2D eigenvalue weighted by molar-refractivity contribution is 0.280. The summed E-state index contributed by atoms with van der Waals surface area (Å²) in [5.74, 6) is 1.39. The second-order valence-corrected chi connectivity index (χ2v) is 7.16. The van der Waals surface area contributed by atoms with Gasteiger partial charge in [0.2, 0.25) is 0 Å². The Balaban J connectivity index is 1.76. The van der Waals surface area contributed by atoms with E-state index in [9.17, 15) is 0 Å². The number of rotatable bonds is 8. The Hall–Kier alpha value is -2.08. The zero-order chi connectivity index (χ0) is 19.1. The van der Waals surface area contributed by atoms with Gasteiger partial charge >= 0.3 is 0 Å². The van der Waals surface area contributed by atoms with Gasteiger partial charge in [-0.3, -0.25) is 4.98 Å². The normalized spacial score (nSPS) is 10.6. The number of benzene rings is 2. The number of nitrogens with one attached hydrogen (secondary N) is 1. The number of methoxy groups -OCH3 is 1. The number of halogens is 2. The van der Waals surface area contributed by atoms with E-state index in [2.05, 4.69) is 26.2 Å². The van der Waals surface area contributed by atoms with Crippen molar-refractivity contribution in [2.24, 2.45) is 0 Å². The van der Waals surface area contributed by atoms with Crippen molar-refractivity contribution >= 4 is 27.5 Å². The van der Waals surface area contributed by atoms with Crippen LogP contribution < -0.4 is 14.8 Å². The van der Waals surface area contributed by atoms with Gasteiger partial charge in [0.1, 0.15) is 6.61 Å². The van der Waals surface area contributed by atoms with Crippen LogP contribution in [0.5, 0.6) is 11.5 Å². The summed E-state index contributed by atoms with van der Waals surface area (Å²) in [4.78, 5) is 4.04. The lowest BCUT2D eigenvalue weighted by atomic mass is 10.1. The molecule has 0 spiro atoms. The Labute approximate surface area is 172 Å². The summed E-state index contributed by atoms with van der Waals surface area (Å²) in [6.45, 7) is 1.72. The Morgan fingerprint density at radius 2 is 1.81 bits per heavy atom. The average molecular weight is 448 g/mol. The number of pyridine rings is 1. The fourth-order valence-corrected chi connectivity index (χ4v) is 3.31. The SMILES string of the molecule is COc1ccc(Br)c(CNCc2ccncc2)c1OCc1ccccc1Cl. The molecular formula is C21H20BrClN2O2. The van der Waals surface area contributed by atoms with Crippen molar-refractivity contribution in [3.8, 4) is 11.5 Å². The van der Waals surface area contributed by atoms with Crippen LogP contribution in [-0.2, 0) is 19.7 Å². The van der Waals surface area contributed by atoms with Crippen LogP contribution >= 0.6 is 27.5 Å². The summed E-state index contributed by atoms with van der Waals surface area (Å²) in [5.41, 5.74) is 3.09. The van der Waals surface area contributed by atoms with E-state index in [1.54, 1.807) is 19.5 Å². The molecule has 3 rings (SSSR count). The minimum atomic E-state index is 0.365. The van der Waals surface area contributed by atoms with E-state index in [4.69, 9.17) is 21.1 Å². The highest BCUT2D eigenvalue weighted by Crippen LogP contribution is 2.37. The molecule has 0 atom stereocenters. The zero-order valence-corrected chi connectivity index (χ0v) is 17.3. The predicted octanol–water partition coefficient (Wildman–Crippen LogP) is 5.37. The number of aromatic nitrogens is 1. The van der Waals surface area contributed by atoms with Gasteiger partial charge in [-0.1, -0.05) is 45.7 Å². The van der Waals surface area contributed by atoms with Crippen molar-refractivity contribution in [3.05, 3.63) is 87.1 Å². The molecule has 27 heavy (non-hydrogen) atoms. The quantitative estimate of drug-likeness (QED) is 0.504. The molecule has 4 nitrogen and oxygen atoms in total. The minimum Gasteiger partial charge on any atom is -0.493 e. The molecule has 1 heterocycles. The van der Waals surface area contributed by atoms with Crippen LogP contribution in [0.2, 0.25) is 5.02 Å². The molecule has 0 bridgehead atoms. The van der Waals surface area contributed by atoms with Gasteiger partial charge in [0.25, 0.3) is 0 Å². The third kappa shape index (κ3) is 5.22.